The molecule has 2 aliphatic carbocycles. The Morgan fingerprint density at radius 3 is 2.29 bits per heavy atom. The molecule has 2 rings (SSSR count). The van der Waals surface area contributed by atoms with Crippen LogP contribution < -0.4 is 0 Å². The molecule has 0 aromatic carbocycles. The van der Waals surface area contributed by atoms with E-state index in [1.54, 1.807) is 5.57 Å². The van der Waals surface area contributed by atoms with Crippen LogP contribution in [0, 0.1) is 11.3 Å². The highest BCUT2D eigenvalue weighted by Gasteiger charge is 2.52. The Balaban J connectivity index is 1.64. The minimum atomic E-state index is 0.830. The van der Waals surface area contributed by atoms with E-state index in [9.17, 15) is 0 Å². The zero-order chi connectivity index (χ0) is 12.3. The van der Waals surface area contributed by atoms with Crippen LogP contribution in [0.1, 0.15) is 72.1 Å². The number of hydrogen-bond acceptors (Lipinski definition) is 0. The van der Waals surface area contributed by atoms with Crippen molar-refractivity contribution < 1.29 is 0 Å². The van der Waals surface area contributed by atoms with Crippen molar-refractivity contribution in [3.05, 3.63) is 23.3 Å². The summed E-state index contributed by atoms with van der Waals surface area (Å²) >= 11 is 0. The molecule has 0 spiro atoms. The molecule has 2 saturated carbocycles. The highest BCUT2D eigenvalue weighted by molar-refractivity contribution is 5.07. The number of hydrogen-bond donors (Lipinski definition) is 0. The number of rotatable bonds is 7. The van der Waals surface area contributed by atoms with Gasteiger partial charge >= 0.3 is 0 Å². The lowest BCUT2D eigenvalue weighted by Gasteiger charge is -2.12. The summed E-state index contributed by atoms with van der Waals surface area (Å²) in [5.74, 6) is 1.13. The van der Waals surface area contributed by atoms with Gasteiger partial charge in [-0.05, 0) is 83.5 Å². The first-order valence-corrected chi connectivity index (χ1v) is 7.41. The van der Waals surface area contributed by atoms with Gasteiger partial charge in [0.25, 0.3) is 0 Å². The third-order valence-corrected chi connectivity index (χ3v) is 4.56. The molecule has 2 fully saturated rings. The van der Waals surface area contributed by atoms with Crippen molar-refractivity contribution in [1.29, 1.82) is 0 Å². The average molecular weight is 232 g/mol. The fourth-order valence-corrected chi connectivity index (χ4v) is 3.02. The lowest BCUT2D eigenvalue weighted by Crippen LogP contribution is -2.01. The van der Waals surface area contributed by atoms with Crippen LogP contribution in [-0.4, -0.2) is 0 Å². The van der Waals surface area contributed by atoms with Gasteiger partial charge in [0.05, 0.1) is 0 Å². The molecule has 0 heteroatoms. The first-order chi connectivity index (χ1) is 8.12. The molecule has 0 aromatic rings. The molecule has 0 atom stereocenters. The van der Waals surface area contributed by atoms with E-state index in [4.69, 9.17) is 0 Å². The van der Waals surface area contributed by atoms with E-state index >= 15 is 0 Å². The Morgan fingerprint density at radius 1 is 1.06 bits per heavy atom. The van der Waals surface area contributed by atoms with Crippen molar-refractivity contribution in [1.82, 2.24) is 0 Å². The smallest absolute Gasteiger partial charge is 0.0266 e. The summed E-state index contributed by atoms with van der Waals surface area (Å²) in [6.45, 7) is 6.67. The standard InChI is InChI=1S/C17H28/c1-14(2)6-4-7-15(3)8-5-11-17(12-13-17)16-9-10-16/h6,8,16H,4-5,7,9-13H2,1-3H3. The third-order valence-electron chi connectivity index (χ3n) is 4.56. The van der Waals surface area contributed by atoms with Crippen LogP contribution >= 0.6 is 0 Å². The fourth-order valence-electron chi connectivity index (χ4n) is 3.02. The van der Waals surface area contributed by atoms with Crippen molar-refractivity contribution in [2.75, 3.05) is 0 Å². The van der Waals surface area contributed by atoms with E-state index in [-0.39, 0.29) is 0 Å². The van der Waals surface area contributed by atoms with Gasteiger partial charge in [0.1, 0.15) is 0 Å². The Hall–Kier alpha value is -0.520. The van der Waals surface area contributed by atoms with E-state index in [1.165, 1.54) is 56.9 Å². The highest BCUT2D eigenvalue weighted by Crippen LogP contribution is 2.63. The Kier molecular flexibility index (Phi) is 4.12. The minimum absolute atomic E-state index is 0.830. The summed E-state index contributed by atoms with van der Waals surface area (Å²) in [7, 11) is 0. The first kappa shape index (κ1) is 12.9. The molecule has 0 aromatic heterocycles. The molecule has 17 heavy (non-hydrogen) atoms. The van der Waals surface area contributed by atoms with Gasteiger partial charge in [-0.1, -0.05) is 23.3 Å². The summed E-state index contributed by atoms with van der Waals surface area (Å²) in [6.07, 6.45) is 16.2. The first-order valence-electron chi connectivity index (χ1n) is 7.41. The third kappa shape index (κ3) is 4.01. The molecule has 0 saturated heterocycles. The minimum Gasteiger partial charge on any atom is -0.0856 e. The van der Waals surface area contributed by atoms with Gasteiger partial charge < -0.3 is 0 Å². The predicted molar refractivity (Wildman–Crippen MR) is 76.0 cm³/mol. The zero-order valence-electron chi connectivity index (χ0n) is 11.9. The van der Waals surface area contributed by atoms with Gasteiger partial charge in [-0.3, -0.25) is 0 Å². The average Bonchev–Trinajstić information content (AvgIpc) is 3.12. The predicted octanol–water partition coefficient (Wildman–Crippen LogP) is 5.65. The van der Waals surface area contributed by atoms with Crippen molar-refractivity contribution in [3.8, 4) is 0 Å². The van der Waals surface area contributed by atoms with Crippen LogP contribution in [-0.2, 0) is 0 Å². The van der Waals surface area contributed by atoms with E-state index in [0.717, 1.165) is 11.3 Å². The summed E-state index contributed by atoms with van der Waals surface area (Å²) in [5.41, 5.74) is 3.87. The zero-order valence-corrected chi connectivity index (χ0v) is 11.9. The van der Waals surface area contributed by atoms with Gasteiger partial charge in [0.2, 0.25) is 0 Å². The summed E-state index contributed by atoms with van der Waals surface area (Å²) < 4.78 is 0. The van der Waals surface area contributed by atoms with Gasteiger partial charge in [-0.2, -0.15) is 0 Å². The Labute approximate surface area is 107 Å². The molecule has 0 radical (unpaired) electrons. The monoisotopic (exact) mass is 232 g/mol. The summed E-state index contributed by atoms with van der Waals surface area (Å²) in [6, 6.07) is 0. The Morgan fingerprint density at radius 2 is 1.76 bits per heavy atom. The lowest BCUT2D eigenvalue weighted by molar-refractivity contribution is 0.408. The van der Waals surface area contributed by atoms with Crippen LogP contribution in [0.5, 0.6) is 0 Å². The lowest BCUT2D eigenvalue weighted by atomic mass is 9.93. The van der Waals surface area contributed by atoms with Gasteiger partial charge in [-0.25, -0.2) is 0 Å². The van der Waals surface area contributed by atoms with Crippen LogP contribution in [0.25, 0.3) is 0 Å². The van der Waals surface area contributed by atoms with Crippen LogP contribution in [0.15, 0.2) is 23.3 Å². The second-order valence-electron chi connectivity index (χ2n) is 6.55. The fraction of sp³-hybridized carbons (Fsp3) is 0.765. The van der Waals surface area contributed by atoms with E-state index in [1.807, 2.05) is 0 Å². The van der Waals surface area contributed by atoms with Crippen molar-refractivity contribution in [3.63, 3.8) is 0 Å². The molecule has 0 bridgehead atoms. The van der Waals surface area contributed by atoms with Crippen LogP contribution in [0.3, 0.4) is 0 Å². The van der Waals surface area contributed by atoms with E-state index in [2.05, 4.69) is 32.9 Å². The van der Waals surface area contributed by atoms with Crippen molar-refractivity contribution in [2.24, 2.45) is 11.3 Å². The SMILES string of the molecule is CC(C)=CCCC(C)=CCCC1(C2CC2)CC1. The van der Waals surface area contributed by atoms with Crippen molar-refractivity contribution in [2.45, 2.75) is 72.1 Å². The maximum absolute atomic E-state index is 2.50. The van der Waals surface area contributed by atoms with Crippen LogP contribution in [0.2, 0.25) is 0 Å². The molecule has 0 unspecified atom stereocenters. The molecule has 0 heterocycles. The molecule has 0 N–H and O–H groups in total. The highest BCUT2D eigenvalue weighted by atomic mass is 14.6. The molecular weight excluding hydrogens is 204 g/mol. The van der Waals surface area contributed by atoms with E-state index in [0.29, 0.717) is 0 Å². The number of allylic oxidation sites excluding steroid dienone is 4. The van der Waals surface area contributed by atoms with Gasteiger partial charge in [0.15, 0.2) is 0 Å². The van der Waals surface area contributed by atoms with Gasteiger partial charge in [-0.15, -0.1) is 0 Å². The quantitative estimate of drug-likeness (QED) is 0.498. The largest absolute Gasteiger partial charge is 0.0856 e. The summed E-state index contributed by atoms with van der Waals surface area (Å²) in [5, 5.41) is 0. The van der Waals surface area contributed by atoms with Gasteiger partial charge in [0, 0.05) is 0 Å². The normalized spacial score (nSPS) is 22.4. The second-order valence-corrected chi connectivity index (χ2v) is 6.55. The maximum atomic E-state index is 2.50. The topological polar surface area (TPSA) is 0 Å². The molecule has 96 valence electrons. The second kappa shape index (κ2) is 5.42. The molecule has 0 nitrogen and oxygen atoms in total. The maximum Gasteiger partial charge on any atom is -0.0266 e. The molecule has 2 aliphatic rings. The molecule has 0 aliphatic heterocycles. The van der Waals surface area contributed by atoms with E-state index < -0.39 is 0 Å². The molecule has 0 amide bonds. The van der Waals surface area contributed by atoms with Crippen molar-refractivity contribution >= 4 is 0 Å². The Bertz CT molecular complexity index is 307. The molecular formula is C17H28. The van der Waals surface area contributed by atoms with Crippen LogP contribution in [0.4, 0.5) is 0 Å². The summed E-state index contributed by atoms with van der Waals surface area (Å²) in [4.78, 5) is 0.